The highest BCUT2D eigenvalue weighted by Crippen LogP contribution is 2.21. The zero-order valence-electron chi connectivity index (χ0n) is 13.1. The van der Waals surface area contributed by atoms with Crippen LogP contribution in [0.25, 0.3) is 0 Å². The minimum atomic E-state index is 0.637. The molecule has 2 aromatic rings. The number of aromatic nitrogens is 3. The summed E-state index contributed by atoms with van der Waals surface area (Å²) in [5.41, 5.74) is 2.24. The van der Waals surface area contributed by atoms with Gasteiger partial charge in [0.2, 0.25) is 5.88 Å². The molecule has 0 aliphatic carbocycles. The predicted octanol–water partition coefficient (Wildman–Crippen LogP) is 3.15. The second kappa shape index (κ2) is 7.78. The van der Waals surface area contributed by atoms with E-state index in [2.05, 4.69) is 42.2 Å². The molecule has 0 aliphatic heterocycles. The van der Waals surface area contributed by atoms with Crippen molar-refractivity contribution in [1.82, 2.24) is 20.1 Å². The summed E-state index contributed by atoms with van der Waals surface area (Å²) in [7, 11) is 0. The summed E-state index contributed by atoms with van der Waals surface area (Å²) in [6.45, 7) is 9.00. The first-order chi connectivity index (χ1) is 10.2. The van der Waals surface area contributed by atoms with Crippen molar-refractivity contribution < 1.29 is 4.74 Å². The van der Waals surface area contributed by atoms with Gasteiger partial charge in [-0.3, -0.25) is 4.68 Å². The first kappa shape index (κ1) is 15.5. The van der Waals surface area contributed by atoms with Gasteiger partial charge in [0.05, 0.1) is 12.4 Å². The Hall–Kier alpha value is -1.88. The molecule has 0 bridgehead atoms. The average molecular weight is 288 g/mol. The normalized spacial score (nSPS) is 10.8. The molecular weight excluding hydrogens is 264 g/mol. The summed E-state index contributed by atoms with van der Waals surface area (Å²) in [6, 6.07) is 4.11. The molecule has 1 N–H and O–H groups in total. The lowest BCUT2D eigenvalue weighted by atomic mass is 10.2. The Morgan fingerprint density at radius 2 is 2.10 bits per heavy atom. The summed E-state index contributed by atoms with van der Waals surface area (Å²) < 4.78 is 7.73. The molecule has 0 saturated carbocycles. The van der Waals surface area contributed by atoms with E-state index in [1.807, 2.05) is 16.9 Å². The second-order valence-electron chi connectivity index (χ2n) is 4.98. The Labute approximate surface area is 126 Å². The number of hydrogen-bond acceptors (Lipinski definition) is 4. The van der Waals surface area contributed by atoms with Gasteiger partial charge in [0.25, 0.3) is 0 Å². The summed E-state index contributed by atoms with van der Waals surface area (Å²) in [5.74, 6) is 1.37. The number of ether oxygens (including phenoxy) is 1. The Morgan fingerprint density at radius 1 is 1.24 bits per heavy atom. The van der Waals surface area contributed by atoms with Crippen molar-refractivity contribution in [3.63, 3.8) is 0 Å². The van der Waals surface area contributed by atoms with Crippen molar-refractivity contribution in [2.24, 2.45) is 0 Å². The number of nitrogens with one attached hydrogen (secondary N) is 1. The van der Waals surface area contributed by atoms with Crippen molar-refractivity contribution in [2.45, 2.75) is 46.7 Å². The molecule has 0 atom stereocenters. The molecule has 0 saturated heterocycles. The molecule has 5 nitrogen and oxygen atoms in total. The molecule has 0 fully saturated rings. The third kappa shape index (κ3) is 4.56. The van der Waals surface area contributed by atoms with Gasteiger partial charge in [-0.1, -0.05) is 20.8 Å². The number of aryl methyl sites for hydroxylation is 2. The molecule has 0 radical (unpaired) electrons. The van der Waals surface area contributed by atoms with E-state index in [0.29, 0.717) is 5.88 Å². The lowest BCUT2D eigenvalue weighted by Crippen LogP contribution is -2.12. The van der Waals surface area contributed by atoms with Crippen molar-refractivity contribution in [1.29, 1.82) is 0 Å². The summed E-state index contributed by atoms with van der Waals surface area (Å²) in [5, 5.41) is 7.60. The topological polar surface area (TPSA) is 52.0 Å². The molecule has 0 amide bonds. The SMILES string of the molecule is CCCn1cc(Oc2cc(CNCC)cc(CC)n2)cn1. The number of pyridine rings is 1. The molecule has 0 aliphatic rings. The monoisotopic (exact) mass is 288 g/mol. The van der Waals surface area contributed by atoms with Gasteiger partial charge in [-0.25, -0.2) is 4.98 Å². The second-order valence-corrected chi connectivity index (χ2v) is 4.98. The summed E-state index contributed by atoms with van der Waals surface area (Å²) in [6.07, 6.45) is 5.59. The van der Waals surface area contributed by atoms with E-state index in [9.17, 15) is 0 Å². The van der Waals surface area contributed by atoms with Gasteiger partial charge in [-0.05, 0) is 31.0 Å². The fourth-order valence-electron chi connectivity index (χ4n) is 2.09. The lowest BCUT2D eigenvalue weighted by Gasteiger charge is -2.08. The van der Waals surface area contributed by atoms with Gasteiger partial charge in [0.15, 0.2) is 5.75 Å². The predicted molar refractivity (Wildman–Crippen MR) is 83.6 cm³/mol. The van der Waals surface area contributed by atoms with E-state index in [-0.39, 0.29) is 0 Å². The zero-order chi connectivity index (χ0) is 15.1. The van der Waals surface area contributed by atoms with Gasteiger partial charge >= 0.3 is 0 Å². The number of rotatable bonds is 8. The van der Waals surface area contributed by atoms with Crippen molar-refractivity contribution in [3.05, 3.63) is 35.8 Å². The van der Waals surface area contributed by atoms with Crippen LogP contribution in [0.15, 0.2) is 24.5 Å². The van der Waals surface area contributed by atoms with E-state index in [4.69, 9.17) is 4.74 Å². The van der Waals surface area contributed by atoms with Crippen molar-refractivity contribution in [2.75, 3.05) is 6.54 Å². The van der Waals surface area contributed by atoms with E-state index in [0.717, 1.165) is 43.9 Å². The number of hydrogen-bond donors (Lipinski definition) is 1. The van der Waals surface area contributed by atoms with Crippen molar-refractivity contribution >= 4 is 0 Å². The van der Waals surface area contributed by atoms with Crippen LogP contribution in [0.4, 0.5) is 0 Å². The highest BCUT2D eigenvalue weighted by atomic mass is 16.5. The smallest absolute Gasteiger partial charge is 0.219 e. The maximum absolute atomic E-state index is 5.85. The number of nitrogens with zero attached hydrogens (tertiary/aromatic N) is 3. The first-order valence-electron chi connectivity index (χ1n) is 7.66. The summed E-state index contributed by atoms with van der Waals surface area (Å²) in [4.78, 5) is 4.52. The molecule has 0 spiro atoms. The van der Waals surface area contributed by atoms with Gasteiger partial charge in [0.1, 0.15) is 0 Å². The van der Waals surface area contributed by atoms with Gasteiger partial charge in [-0.15, -0.1) is 0 Å². The van der Waals surface area contributed by atoms with E-state index in [1.165, 1.54) is 5.56 Å². The van der Waals surface area contributed by atoms with Gasteiger partial charge < -0.3 is 10.1 Å². The quantitative estimate of drug-likeness (QED) is 0.810. The van der Waals surface area contributed by atoms with Crippen LogP contribution in [0.5, 0.6) is 11.6 Å². The highest BCUT2D eigenvalue weighted by molar-refractivity contribution is 5.29. The Morgan fingerprint density at radius 3 is 2.81 bits per heavy atom. The molecule has 2 rings (SSSR count). The molecule has 2 aromatic heterocycles. The molecule has 114 valence electrons. The fraction of sp³-hybridized carbons (Fsp3) is 0.500. The van der Waals surface area contributed by atoms with Crippen molar-refractivity contribution in [3.8, 4) is 11.6 Å². The van der Waals surface area contributed by atoms with Crippen LogP contribution in [0.2, 0.25) is 0 Å². The van der Waals surface area contributed by atoms with Crippen LogP contribution in [-0.2, 0) is 19.5 Å². The zero-order valence-corrected chi connectivity index (χ0v) is 13.1. The van der Waals surface area contributed by atoms with Crippen LogP contribution in [0.1, 0.15) is 38.4 Å². The van der Waals surface area contributed by atoms with Crippen LogP contribution < -0.4 is 10.1 Å². The van der Waals surface area contributed by atoms with Crippen LogP contribution >= 0.6 is 0 Å². The van der Waals surface area contributed by atoms with Crippen LogP contribution in [0, 0.1) is 0 Å². The third-order valence-corrected chi connectivity index (χ3v) is 3.14. The minimum absolute atomic E-state index is 0.637. The molecule has 0 aromatic carbocycles. The Balaban J connectivity index is 2.13. The maximum Gasteiger partial charge on any atom is 0.219 e. The van der Waals surface area contributed by atoms with E-state index >= 15 is 0 Å². The third-order valence-electron chi connectivity index (χ3n) is 3.14. The Bertz CT molecular complexity index is 565. The maximum atomic E-state index is 5.85. The largest absolute Gasteiger partial charge is 0.436 e. The standard InChI is InChI=1S/C16H24N4O/c1-4-7-20-12-15(11-18-20)21-16-9-13(10-17-6-3)8-14(5-2)19-16/h8-9,11-12,17H,4-7,10H2,1-3H3. The van der Waals surface area contributed by atoms with Gasteiger partial charge in [0, 0.05) is 24.8 Å². The van der Waals surface area contributed by atoms with Gasteiger partial charge in [-0.2, -0.15) is 5.10 Å². The molecule has 0 unspecified atom stereocenters. The molecule has 21 heavy (non-hydrogen) atoms. The minimum Gasteiger partial charge on any atom is -0.436 e. The van der Waals surface area contributed by atoms with Crippen LogP contribution in [0.3, 0.4) is 0 Å². The molecule has 5 heteroatoms. The Kier molecular flexibility index (Phi) is 5.75. The highest BCUT2D eigenvalue weighted by Gasteiger charge is 2.06. The van der Waals surface area contributed by atoms with E-state index in [1.54, 1.807) is 6.20 Å². The van der Waals surface area contributed by atoms with Crippen LogP contribution in [-0.4, -0.2) is 21.3 Å². The first-order valence-corrected chi connectivity index (χ1v) is 7.66. The van der Waals surface area contributed by atoms with E-state index < -0.39 is 0 Å². The molecule has 2 heterocycles. The lowest BCUT2D eigenvalue weighted by molar-refractivity contribution is 0.458. The average Bonchev–Trinajstić information content (AvgIpc) is 2.92. The fourth-order valence-corrected chi connectivity index (χ4v) is 2.09. The summed E-state index contributed by atoms with van der Waals surface area (Å²) >= 11 is 0. The molecular formula is C16H24N4O.